The van der Waals surface area contributed by atoms with E-state index in [0.29, 0.717) is 13.2 Å². The molecule has 2 saturated heterocycles. The van der Waals surface area contributed by atoms with E-state index in [4.69, 9.17) is 4.74 Å². The molecule has 0 aromatic heterocycles. The molecular formula is C23H28N3O4+. The number of hydrogen-bond acceptors (Lipinski definition) is 4. The molecule has 0 spiro atoms. The van der Waals surface area contributed by atoms with Gasteiger partial charge in [-0.25, -0.2) is 9.69 Å². The Morgan fingerprint density at radius 3 is 2.80 bits per heavy atom. The van der Waals surface area contributed by atoms with Crippen molar-refractivity contribution in [2.75, 3.05) is 26.4 Å². The van der Waals surface area contributed by atoms with Gasteiger partial charge in [-0.3, -0.25) is 9.59 Å². The van der Waals surface area contributed by atoms with Gasteiger partial charge in [0.15, 0.2) is 6.67 Å². The van der Waals surface area contributed by atoms with Crippen molar-refractivity contribution in [1.82, 2.24) is 10.2 Å². The molecule has 1 unspecified atom stereocenters. The number of piperidine rings is 1. The summed E-state index contributed by atoms with van der Waals surface area (Å²) in [5, 5.41) is 4.89. The minimum atomic E-state index is -1.12. The van der Waals surface area contributed by atoms with Gasteiger partial charge in [0.2, 0.25) is 0 Å². The maximum absolute atomic E-state index is 13.4. The number of fused-ring (bicyclic) bond motifs is 1. The highest BCUT2D eigenvalue weighted by Gasteiger charge is 2.51. The first-order chi connectivity index (χ1) is 14.4. The molecule has 0 bridgehead atoms. The molecular weight excluding hydrogens is 382 g/mol. The van der Waals surface area contributed by atoms with E-state index in [0.717, 1.165) is 40.6 Å². The summed E-state index contributed by atoms with van der Waals surface area (Å²) in [7, 11) is 0. The molecule has 2 aromatic rings. The number of benzene rings is 2. The number of carbonyl (C=O) groups excluding carboxylic acids is 3. The van der Waals surface area contributed by atoms with Crippen LogP contribution in [-0.4, -0.2) is 49.2 Å². The third-order valence-corrected chi connectivity index (χ3v) is 6.22. The second-order valence-electron chi connectivity index (χ2n) is 8.27. The van der Waals surface area contributed by atoms with Crippen LogP contribution in [0.2, 0.25) is 0 Å². The van der Waals surface area contributed by atoms with Gasteiger partial charge in [0.25, 0.3) is 5.91 Å². The zero-order valence-electron chi connectivity index (χ0n) is 17.4. The lowest BCUT2D eigenvalue weighted by Crippen LogP contribution is -3.15. The molecule has 0 aliphatic carbocycles. The predicted molar refractivity (Wildman–Crippen MR) is 112 cm³/mol. The van der Waals surface area contributed by atoms with Crippen LogP contribution in [0.4, 0.5) is 4.79 Å². The molecule has 158 valence electrons. The lowest BCUT2D eigenvalue weighted by atomic mass is 9.88. The van der Waals surface area contributed by atoms with Crippen molar-refractivity contribution >= 4 is 28.7 Å². The number of hydrogen-bond donors (Lipinski definition) is 2. The Bertz CT molecular complexity index is 986. The third kappa shape index (κ3) is 3.54. The van der Waals surface area contributed by atoms with Crippen LogP contribution in [0.3, 0.4) is 0 Å². The SMILES string of the molecule is CCOC(=O)[C@H]1CCC[NH+](CN2C(=O)N[C@](C)(c3cccc4ccccc34)C2=O)C1. The quantitative estimate of drug-likeness (QED) is 0.577. The summed E-state index contributed by atoms with van der Waals surface area (Å²) in [6, 6.07) is 13.3. The standard InChI is InChI=1S/C23H27N3O4/c1-3-30-20(27)17-10-7-13-25(14-17)15-26-21(28)23(2,24-22(26)29)19-12-6-9-16-8-4-5-11-18(16)19/h4-6,8-9,11-12,17H,3,7,10,13-15H2,1-2H3,(H,24,29)/p+1/t17-,23+/m0/s1. The van der Waals surface area contributed by atoms with E-state index < -0.39 is 5.54 Å². The highest BCUT2D eigenvalue weighted by Crippen LogP contribution is 2.33. The molecule has 2 fully saturated rings. The first-order valence-electron chi connectivity index (χ1n) is 10.6. The Balaban J connectivity index is 1.55. The number of esters is 1. The molecule has 3 atom stereocenters. The minimum absolute atomic E-state index is 0.182. The second kappa shape index (κ2) is 8.07. The fourth-order valence-electron chi connectivity index (χ4n) is 4.66. The monoisotopic (exact) mass is 410 g/mol. The maximum atomic E-state index is 13.4. The van der Waals surface area contributed by atoms with E-state index in [-0.39, 0.29) is 30.5 Å². The number of rotatable bonds is 5. The lowest BCUT2D eigenvalue weighted by molar-refractivity contribution is -0.914. The molecule has 2 aromatic carbocycles. The normalized spacial score (nSPS) is 26.7. The predicted octanol–water partition coefficient (Wildman–Crippen LogP) is 1.42. The highest BCUT2D eigenvalue weighted by atomic mass is 16.5. The lowest BCUT2D eigenvalue weighted by Gasteiger charge is -2.31. The summed E-state index contributed by atoms with van der Waals surface area (Å²) in [5.74, 6) is -0.624. The number of imide groups is 1. The van der Waals surface area contributed by atoms with Crippen LogP contribution in [0.15, 0.2) is 42.5 Å². The molecule has 0 radical (unpaired) electrons. The summed E-state index contributed by atoms with van der Waals surface area (Å²) in [4.78, 5) is 40.7. The number of nitrogens with one attached hydrogen (secondary N) is 2. The largest absolute Gasteiger partial charge is 0.466 e. The van der Waals surface area contributed by atoms with Crippen molar-refractivity contribution < 1.29 is 24.0 Å². The number of quaternary nitrogens is 1. The zero-order valence-corrected chi connectivity index (χ0v) is 17.4. The van der Waals surface area contributed by atoms with E-state index in [9.17, 15) is 14.4 Å². The van der Waals surface area contributed by atoms with Crippen molar-refractivity contribution in [3.8, 4) is 0 Å². The molecule has 7 heteroatoms. The molecule has 3 amide bonds. The van der Waals surface area contributed by atoms with Crippen molar-refractivity contribution in [1.29, 1.82) is 0 Å². The smallest absolute Gasteiger partial charge is 0.329 e. The summed E-state index contributed by atoms with van der Waals surface area (Å²) < 4.78 is 5.16. The maximum Gasteiger partial charge on any atom is 0.329 e. The van der Waals surface area contributed by atoms with Gasteiger partial charge in [0, 0.05) is 0 Å². The Morgan fingerprint density at radius 1 is 1.23 bits per heavy atom. The van der Waals surface area contributed by atoms with Crippen LogP contribution in [0.1, 0.15) is 32.3 Å². The number of urea groups is 1. The molecule has 2 N–H and O–H groups in total. The third-order valence-electron chi connectivity index (χ3n) is 6.22. The Hall–Kier alpha value is -2.93. The van der Waals surface area contributed by atoms with Crippen LogP contribution in [0, 0.1) is 5.92 Å². The van der Waals surface area contributed by atoms with Crippen LogP contribution < -0.4 is 10.2 Å². The first kappa shape index (κ1) is 20.3. The van der Waals surface area contributed by atoms with Crippen molar-refractivity contribution in [3.63, 3.8) is 0 Å². The van der Waals surface area contributed by atoms with E-state index in [2.05, 4.69) is 5.32 Å². The number of carbonyl (C=O) groups is 3. The number of ether oxygens (including phenoxy) is 1. The van der Waals surface area contributed by atoms with E-state index in [1.165, 1.54) is 4.90 Å². The average molecular weight is 410 g/mol. The van der Waals surface area contributed by atoms with E-state index in [1.54, 1.807) is 13.8 Å². The number of amides is 3. The van der Waals surface area contributed by atoms with Gasteiger partial charge in [0.1, 0.15) is 11.5 Å². The van der Waals surface area contributed by atoms with E-state index >= 15 is 0 Å². The van der Waals surface area contributed by atoms with Crippen LogP contribution in [-0.2, 0) is 19.9 Å². The molecule has 30 heavy (non-hydrogen) atoms. The van der Waals surface area contributed by atoms with Gasteiger partial charge < -0.3 is 15.0 Å². The summed E-state index contributed by atoms with van der Waals surface area (Å²) in [5.41, 5.74) is -0.326. The van der Waals surface area contributed by atoms with Crippen molar-refractivity contribution in [2.45, 2.75) is 32.2 Å². The van der Waals surface area contributed by atoms with E-state index in [1.807, 2.05) is 42.5 Å². The van der Waals surface area contributed by atoms with Crippen molar-refractivity contribution in [2.24, 2.45) is 5.92 Å². The first-order valence-corrected chi connectivity index (χ1v) is 10.6. The molecule has 4 rings (SSSR count). The van der Waals surface area contributed by atoms with Gasteiger partial charge in [-0.1, -0.05) is 42.5 Å². The summed E-state index contributed by atoms with van der Waals surface area (Å²) in [6.45, 7) is 5.56. The number of likely N-dealkylation sites (tertiary alicyclic amines) is 1. The van der Waals surface area contributed by atoms with Gasteiger partial charge in [-0.15, -0.1) is 0 Å². The Kier molecular flexibility index (Phi) is 5.47. The van der Waals surface area contributed by atoms with Gasteiger partial charge >= 0.3 is 12.0 Å². The van der Waals surface area contributed by atoms with Crippen LogP contribution in [0.5, 0.6) is 0 Å². The Morgan fingerprint density at radius 2 is 2.00 bits per heavy atom. The van der Waals surface area contributed by atoms with Gasteiger partial charge in [-0.2, -0.15) is 0 Å². The topological polar surface area (TPSA) is 80.2 Å². The highest BCUT2D eigenvalue weighted by molar-refractivity contribution is 6.09. The summed E-state index contributed by atoms with van der Waals surface area (Å²) in [6.07, 6.45) is 1.65. The van der Waals surface area contributed by atoms with Gasteiger partial charge in [0.05, 0.1) is 19.7 Å². The molecule has 2 aliphatic heterocycles. The van der Waals surface area contributed by atoms with Crippen LogP contribution >= 0.6 is 0 Å². The fraction of sp³-hybridized carbons (Fsp3) is 0.435. The Labute approximate surface area is 176 Å². The molecule has 7 nitrogen and oxygen atoms in total. The second-order valence-corrected chi connectivity index (χ2v) is 8.27. The number of nitrogens with zero attached hydrogens (tertiary/aromatic N) is 1. The molecule has 0 saturated carbocycles. The van der Waals surface area contributed by atoms with Crippen LogP contribution in [0.25, 0.3) is 10.8 Å². The van der Waals surface area contributed by atoms with Gasteiger partial charge in [-0.05, 0) is 43.0 Å². The molecule has 2 heterocycles. The average Bonchev–Trinajstić information content (AvgIpc) is 2.97. The zero-order chi connectivity index (χ0) is 21.3. The molecule has 2 aliphatic rings. The minimum Gasteiger partial charge on any atom is -0.466 e. The van der Waals surface area contributed by atoms with Crippen molar-refractivity contribution in [3.05, 3.63) is 48.0 Å². The fourth-order valence-corrected chi connectivity index (χ4v) is 4.66. The summed E-state index contributed by atoms with van der Waals surface area (Å²) >= 11 is 0.